The molecule has 0 amide bonds. The average molecular weight is 796 g/mol. The molecule has 0 fully saturated rings. The van der Waals surface area contributed by atoms with Crippen LogP contribution in [0, 0.1) is 12.1 Å². The Morgan fingerprint density at radius 3 is 1.77 bits per heavy atom. The number of fused-ring (bicyclic) bond motifs is 12. The molecule has 6 aromatic carbocycles. The van der Waals surface area contributed by atoms with Crippen molar-refractivity contribution in [3.63, 3.8) is 0 Å². The normalized spacial score (nSPS) is 11.6. The second-order valence-electron chi connectivity index (χ2n) is 11.7. The number of imidazole rings is 2. The number of pyridine rings is 2. The molecule has 6 heteroatoms. The maximum absolute atomic E-state index is 6.51. The Kier molecular flexibility index (Phi) is 6.63. The van der Waals surface area contributed by atoms with E-state index in [1.165, 1.54) is 0 Å². The third-order valence-electron chi connectivity index (χ3n) is 9.01. The number of nitrogens with zero attached hydrogens (tertiary/aromatic N) is 4. The van der Waals surface area contributed by atoms with Crippen molar-refractivity contribution in [3.8, 4) is 34.0 Å². The number of hydrogen-bond donors (Lipinski definition) is 0. The third kappa shape index (κ3) is 4.28. The molecule has 0 bridgehead atoms. The van der Waals surface area contributed by atoms with Gasteiger partial charge in [-0.05, 0) is 28.5 Å². The summed E-state index contributed by atoms with van der Waals surface area (Å²) in [6.45, 7) is 0. The van der Waals surface area contributed by atoms with E-state index in [2.05, 4.69) is 135 Å². The van der Waals surface area contributed by atoms with Gasteiger partial charge in [-0.15, -0.1) is 12.1 Å². The van der Waals surface area contributed by atoms with Gasteiger partial charge in [0.2, 0.25) is 0 Å². The number of benzene rings is 6. The van der Waals surface area contributed by atoms with Crippen LogP contribution in [0.5, 0.6) is 11.5 Å². The van der Waals surface area contributed by atoms with Crippen LogP contribution in [0.15, 0.2) is 146 Å². The van der Waals surface area contributed by atoms with Crippen molar-refractivity contribution in [2.75, 3.05) is 0 Å². The average Bonchev–Trinajstić information content (AvgIpc) is 3.80. The molecule has 0 radical (unpaired) electrons. The van der Waals surface area contributed by atoms with Crippen LogP contribution in [0.1, 0.15) is 0 Å². The molecule has 0 saturated heterocycles. The molecule has 0 atom stereocenters. The van der Waals surface area contributed by atoms with Crippen LogP contribution in [0.2, 0.25) is 0 Å². The summed E-state index contributed by atoms with van der Waals surface area (Å²) < 4.78 is 10.9. The Bertz CT molecular complexity index is 2820. The molecule has 0 aliphatic rings. The molecule has 4 aromatic heterocycles. The largest absolute Gasteiger partial charge is 2.00 e. The summed E-state index contributed by atoms with van der Waals surface area (Å²) in [5.74, 6) is 1.19. The Balaban J connectivity index is 0.00000314. The molecule has 48 heavy (non-hydrogen) atoms. The van der Waals surface area contributed by atoms with Crippen LogP contribution in [0.4, 0.5) is 0 Å². The Labute approximate surface area is 290 Å². The Hall–Kier alpha value is -5.77. The predicted octanol–water partition coefficient (Wildman–Crippen LogP) is 10.3. The number of hydrogen-bond acceptors (Lipinski definition) is 3. The van der Waals surface area contributed by atoms with E-state index in [1.807, 2.05) is 36.7 Å². The van der Waals surface area contributed by atoms with Crippen molar-refractivity contribution in [3.05, 3.63) is 158 Å². The van der Waals surface area contributed by atoms with Crippen molar-refractivity contribution in [2.24, 2.45) is 0 Å². The van der Waals surface area contributed by atoms with Gasteiger partial charge in [-0.1, -0.05) is 143 Å². The third-order valence-corrected chi connectivity index (χ3v) is 9.01. The van der Waals surface area contributed by atoms with E-state index in [1.54, 1.807) is 0 Å². The monoisotopic (exact) mass is 795 g/mol. The van der Waals surface area contributed by atoms with E-state index in [4.69, 9.17) is 9.72 Å². The minimum atomic E-state index is 0. The van der Waals surface area contributed by atoms with Crippen molar-refractivity contribution in [1.29, 1.82) is 0 Å². The fourth-order valence-electron chi connectivity index (χ4n) is 6.96. The smallest absolute Gasteiger partial charge is 0.497 e. The molecule has 10 rings (SSSR count). The molecule has 4 heterocycles. The van der Waals surface area contributed by atoms with Gasteiger partial charge >= 0.3 is 21.1 Å². The summed E-state index contributed by atoms with van der Waals surface area (Å²) in [5.41, 5.74) is 8.00. The topological polar surface area (TPSA) is 43.8 Å². The molecule has 0 saturated carbocycles. The van der Waals surface area contributed by atoms with E-state index >= 15 is 0 Å². The van der Waals surface area contributed by atoms with Crippen molar-refractivity contribution in [2.45, 2.75) is 0 Å². The first-order valence-electron chi connectivity index (χ1n) is 15.6. The zero-order valence-electron chi connectivity index (χ0n) is 25.4. The molecule has 0 N–H and O–H groups in total. The van der Waals surface area contributed by atoms with Gasteiger partial charge < -0.3 is 13.5 Å². The number of para-hydroxylation sites is 2. The Morgan fingerprint density at radius 2 is 1.08 bits per heavy atom. The molecule has 5 nitrogen and oxygen atoms in total. The fraction of sp³-hybridized carbons (Fsp3) is 0. The first-order valence-corrected chi connectivity index (χ1v) is 15.6. The first-order chi connectivity index (χ1) is 23.3. The van der Waals surface area contributed by atoms with Crippen molar-refractivity contribution in [1.82, 2.24) is 18.8 Å². The van der Waals surface area contributed by atoms with Gasteiger partial charge in [0, 0.05) is 40.5 Å². The summed E-state index contributed by atoms with van der Waals surface area (Å²) in [6, 6.07) is 53.0. The van der Waals surface area contributed by atoms with Crippen LogP contribution >= 0.6 is 0 Å². The van der Waals surface area contributed by atoms with Gasteiger partial charge in [-0.25, -0.2) is 0 Å². The van der Waals surface area contributed by atoms with Gasteiger partial charge in [-0.2, -0.15) is 0 Å². The zero-order chi connectivity index (χ0) is 30.9. The predicted molar refractivity (Wildman–Crippen MR) is 189 cm³/mol. The second kappa shape index (κ2) is 11.2. The minimum Gasteiger partial charge on any atom is -0.497 e. The molecule has 228 valence electrons. The summed E-state index contributed by atoms with van der Waals surface area (Å²) in [4.78, 5) is 10.0. The van der Waals surface area contributed by atoms with Crippen molar-refractivity contribution >= 4 is 54.6 Å². The van der Waals surface area contributed by atoms with Gasteiger partial charge in [0.25, 0.3) is 0 Å². The second-order valence-corrected chi connectivity index (χ2v) is 11.7. The van der Waals surface area contributed by atoms with E-state index in [0.717, 1.165) is 77.2 Å². The first kappa shape index (κ1) is 28.5. The number of aromatic nitrogens is 4. The van der Waals surface area contributed by atoms with Crippen LogP contribution in [0.25, 0.3) is 77.2 Å². The van der Waals surface area contributed by atoms with E-state index in [9.17, 15) is 0 Å². The molecule has 0 aliphatic heterocycles. The quantitative estimate of drug-likeness (QED) is 0.132. The maximum atomic E-state index is 6.51. The number of ether oxygens (including phenoxy) is 1. The SMILES string of the molecule is [Pt+2].[c-]1c(Oc2[c-]c3c(cc2)c2ccccc2n2c(-c4ccccc4)c(-c4ccccc4)nc32)ccc2c1c1nccn1c1ccccc21. The zero-order valence-corrected chi connectivity index (χ0v) is 27.6. The molecular formula is C42H24N4OPt. The number of rotatable bonds is 4. The van der Waals surface area contributed by atoms with Gasteiger partial charge in [0.05, 0.1) is 22.7 Å². The van der Waals surface area contributed by atoms with Crippen LogP contribution in [0.3, 0.4) is 0 Å². The summed E-state index contributed by atoms with van der Waals surface area (Å²) >= 11 is 0. The molecular weight excluding hydrogens is 772 g/mol. The summed E-state index contributed by atoms with van der Waals surface area (Å²) in [7, 11) is 0. The molecule has 10 aromatic rings. The standard InChI is InChI=1S/C42H24N4O.Pt/c1-3-11-27(12-4-1)39-40(28-13-5-2-6-14-28)46-38-18-10-8-16-34(38)32-22-20-30(26-36(32)42(46)44-39)47-29-19-21-31-33-15-7-9-17-37(33)45-24-23-43-41(45)35(31)25-29;/h1-24H;/q-2;+2. The van der Waals surface area contributed by atoms with Crippen molar-refractivity contribution < 1.29 is 25.8 Å². The van der Waals surface area contributed by atoms with Crippen LogP contribution in [-0.2, 0) is 21.1 Å². The van der Waals surface area contributed by atoms with E-state index in [0.29, 0.717) is 11.5 Å². The molecule has 0 aliphatic carbocycles. The van der Waals surface area contributed by atoms with E-state index in [-0.39, 0.29) is 21.1 Å². The molecule has 0 spiro atoms. The molecule has 0 unspecified atom stereocenters. The van der Waals surface area contributed by atoms with Gasteiger partial charge in [-0.3, -0.25) is 9.97 Å². The van der Waals surface area contributed by atoms with Crippen LogP contribution in [-0.4, -0.2) is 18.8 Å². The maximum Gasteiger partial charge on any atom is 2.00 e. The Morgan fingerprint density at radius 1 is 0.521 bits per heavy atom. The van der Waals surface area contributed by atoms with Gasteiger partial charge in [0.15, 0.2) is 0 Å². The minimum absolute atomic E-state index is 0. The summed E-state index contributed by atoms with van der Waals surface area (Å²) in [5, 5.41) is 6.22. The van der Waals surface area contributed by atoms with Gasteiger partial charge in [0.1, 0.15) is 0 Å². The van der Waals surface area contributed by atoms with Crippen LogP contribution < -0.4 is 4.74 Å². The summed E-state index contributed by atoms with van der Waals surface area (Å²) in [6.07, 6.45) is 3.82. The van der Waals surface area contributed by atoms with E-state index < -0.39 is 0 Å². The fourth-order valence-corrected chi connectivity index (χ4v) is 6.96.